The molecule has 0 fully saturated rings. The number of hydrogen-bond donors (Lipinski definition) is 2. The highest BCUT2D eigenvalue weighted by atomic mass is 16.5. The molecule has 0 saturated carbocycles. The number of hydrogen-bond acceptors (Lipinski definition) is 4. The SMILES string of the molecule is COCCNC(=O)CNCc1ccccc1OC. The molecule has 0 unspecified atom stereocenters. The lowest BCUT2D eigenvalue weighted by Crippen LogP contribution is -2.35. The van der Waals surface area contributed by atoms with E-state index >= 15 is 0 Å². The normalized spacial score (nSPS) is 10.1. The molecular weight excluding hydrogens is 232 g/mol. The molecule has 0 aromatic heterocycles. The van der Waals surface area contributed by atoms with Crippen LogP contribution in [0.5, 0.6) is 5.75 Å². The number of carbonyl (C=O) groups is 1. The number of methoxy groups -OCH3 is 2. The van der Waals surface area contributed by atoms with Gasteiger partial charge in [0.15, 0.2) is 0 Å². The standard InChI is InChI=1S/C13H20N2O3/c1-17-8-7-15-13(16)10-14-9-11-5-3-4-6-12(11)18-2/h3-6,14H,7-10H2,1-2H3,(H,15,16). The Bertz CT molecular complexity index is 369. The van der Waals surface area contributed by atoms with Gasteiger partial charge in [-0.05, 0) is 6.07 Å². The Morgan fingerprint density at radius 2 is 2.06 bits per heavy atom. The number of benzene rings is 1. The third-order valence-electron chi connectivity index (χ3n) is 2.42. The number of carbonyl (C=O) groups excluding carboxylic acids is 1. The molecule has 0 radical (unpaired) electrons. The second-order valence-electron chi connectivity index (χ2n) is 3.76. The van der Waals surface area contributed by atoms with E-state index in [-0.39, 0.29) is 12.5 Å². The van der Waals surface area contributed by atoms with Crippen LogP contribution in [0.1, 0.15) is 5.56 Å². The Kier molecular flexibility index (Phi) is 6.83. The van der Waals surface area contributed by atoms with E-state index in [4.69, 9.17) is 9.47 Å². The van der Waals surface area contributed by atoms with Crippen molar-refractivity contribution in [2.45, 2.75) is 6.54 Å². The van der Waals surface area contributed by atoms with E-state index in [1.165, 1.54) is 0 Å². The van der Waals surface area contributed by atoms with Crippen LogP contribution in [0.15, 0.2) is 24.3 Å². The molecule has 0 saturated heterocycles. The summed E-state index contributed by atoms with van der Waals surface area (Å²) < 4.78 is 10.1. The number of ether oxygens (including phenoxy) is 2. The van der Waals surface area contributed by atoms with Crippen LogP contribution in [0.2, 0.25) is 0 Å². The van der Waals surface area contributed by atoms with Crippen LogP contribution in [0.3, 0.4) is 0 Å². The van der Waals surface area contributed by atoms with Crippen molar-refractivity contribution in [2.75, 3.05) is 33.9 Å². The van der Waals surface area contributed by atoms with Gasteiger partial charge in [0.05, 0.1) is 20.3 Å². The van der Waals surface area contributed by atoms with Gasteiger partial charge in [-0.25, -0.2) is 0 Å². The van der Waals surface area contributed by atoms with Crippen molar-refractivity contribution in [1.82, 2.24) is 10.6 Å². The molecule has 1 amide bonds. The summed E-state index contributed by atoms with van der Waals surface area (Å²) in [5.74, 6) is 0.784. The predicted octanol–water partition coefficient (Wildman–Crippen LogP) is 0.547. The van der Waals surface area contributed by atoms with E-state index in [0.29, 0.717) is 19.7 Å². The molecule has 1 aromatic rings. The summed E-state index contributed by atoms with van der Waals surface area (Å²) in [6.07, 6.45) is 0. The third kappa shape index (κ3) is 5.16. The summed E-state index contributed by atoms with van der Waals surface area (Å²) in [5, 5.41) is 5.81. The average molecular weight is 252 g/mol. The van der Waals surface area contributed by atoms with E-state index in [2.05, 4.69) is 10.6 Å². The van der Waals surface area contributed by atoms with Crippen LogP contribution in [-0.4, -0.2) is 39.8 Å². The third-order valence-corrected chi connectivity index (χ3v) is 2.42. The summed E-state index contributed by atoms with van der Waals surface area (Å²) in [6, 6.07) is 7.72. The van der Waals surface area contributed by atoms with E-state index in [1.54, 1.807) is 14.2 Å². The first-order valence-electron chi connectivity index (χ1n) is 5.86. The van der Waals surface area contributed by atoms with Gasteiger partial charge in [0.1, 0.15) is 5.75 Å². The molecule has 2 N–H and O–H groups in total. The number of nitrogens with one attached hydrogen (secondary N) is 2. The lowest BCUT2D eigenvalue weighted by Gasteiger charge is -2.09. The lowest BCUT2D eigenvalue weighted by atomic mass is 10.2. The molecule has 0 spiro atoms. The van der Waals surface area contributed by atoms with Crippen molar-refractivity contribution in [2.24, 2.45) is 0 Å². The smallest absolute Gasteiger partial charge is 0.234 e. The van der Waals surface area contributed by atoms with Crippen molar-refractivity contribution in [1.29, 1.82) is 0 Å². The maximum Gasteiger partial charge on any atom is 0.234 e. The number of rotatable bonds is 8. The van der Waals surface area contributed by atoms with Crippen LogP contribution in [0.4, 0.5) is 0 Å². The average Bonchev–Trinajstić information content (AvgIpc) is 2.39. The predicted molar refractivity (Wildman–Crippen MR) is 69.6 cm³/mol. The fraction of sp³-hybridized carbons (Fsp3) is 0.462. The Hall–Kier alpha value is -1.59. The lowest BCUT2D eigenvalue weighted by molar-refractivity contribution is -0.120. The molecule has 1 aromatic carbocycles. The Labute approximate surface area is 107 Å². The van der Waals surface area contributed by atoms with Crippen LogP contribution < -0.4 is 15.4 Å². The van der Waals surface area contributed by atoms with E-state index < -0.39 is 0 Å². The minimum atomic E-state index is -0.0399. The minimum Gasteiger partial charge on any atom is -0.496 e. The minimum absolute atomic E-state index is 0.0399. The second kappa shape index (κ2) is 8.49. The molecule has 1 rings (SSSR count). The van der Waals surface area contributed by atoms with Gasteiger partial charge in [0, 0.05) is 25.8 Å². The molecule has 5 heteroatoms. The molecule has 0 heterocycles. The molecule has 0 atom stereocenters. The van der Waals surface area contributed by atoms with Gasteiger partial charge < -0.3 is 20.1 Å². The largest absolute Gasteiger partial charge is 0.496 e. The molecule has 0 bridgehead atoms. The summed E-state index contributed by atoms with van der Waals surface area (Å²) in [7, 11) is 3.24. The fourth-order valence-electron chi connectivity index (χ4n) is 1.51. The maximum absolute atomic E-state index is 11.4. The Balaban J connectivity index is 2.26. The van der Waals surface area contributed by atoms with Crippen LogP contribution in [0.25, 0.3) is 0 Å². The van der Waals surface area contributed by atoms with Crippen LogP contribution in [0, 0.1) is 0 Å². The zero-order chi connectivity index (χ0) is 13.2. The zero-order valence-electron chi connectivity index (χ0n) is 10.9. The summed E-state index contributed by atoms with van der Waals surface area (Å²) in [4.78, 5) is 11.4. The monoisotopic (exact) mass is 252 g/mol. The van der Waals surface area contributed by atoms with Gasteiger partial charge in [0.25, 0.3) is 0 Å². The second-order valence-corrected chi connectivity index (χ2v) is 3.76. The van der Waals surface area contributed by atoms with Gasteiger partial charge in [-0.3, -0.25) is 4.79 Å². The Morgan fingerprint density at radius 1 is 1.28 bits per heavy atom. The van der Waals surface area contributed by atoms with Crippen molar-refractivity contribution in [3.8, 4) is 5.75 Å². The Morgan fingerprint density at radius 3 is 2.78 bits per heavy atom. The van der Waals surface area contributed by atoms with Crippen molar-refractivity contribution in [3.63, 3.8) is 0 Å². The van der Waals surface area contributed by atoms with Crippen LogP contribution >= 0.6 is 0 Å². The molecule has 0 aliphatic rings. The van der Waals surface area contributed by atoms with Gasteiger partial charge in [-0.1, -0.05) is 18.2 Å². The van der Waals surface area contributed by atoms with Gasteiger partial charge in [-0.2, -0.15) is 0 Å². The van der Waals surface area contributed by atoms with Crippen LogP contribution in [-0.2, 0) is 16.1 Å². The van der Waals surface area contributed by atoms with E-state index in [1.807, 2.05) is 24.3 Å². The van der Waals surface area contributed by atoms with E-state index in [0.717, 1.165) is 11.3 Å². The highest BCUT2D eigenvalue weighted by Gasteiger charge is 2.03. The molecule has 18 heavy (non-hydrogen) atoms. The quantitative estimate of drug-likeness (QED) is 0.663. The van der Waals surface area contributed by atoms with Crippen molar-refractivity contribution >= 4 is 5.91 Å². The summed E-state index contributed by atoms with van der Waals surface area (Å²) >= 11 is 0. The molecular formula is C13H20N2O3. The zero-order valence-corrected chi connectivity index (χ0v) is 10.9. The summed E-state index contributed by atoms with van der Waals surface area (Å²) in [6.45, 7) is 1.94. The van der Waals surface area contributed by atoms with Gasteiger partial charge in [-0.15, -0.1) is 0 Å². The first-order valence-corrected chi connectivity index (χ1v) is 5.86. The van der Waals surface area contributed by atoms with Gasteiger partial charge >= 0.3 is 0 Å². The number of para-hydroxylation sites is 1. The number of amides is 1. The first kappa shape index (κ1) is 14.5. The first-order chi connectivity index (χ1) is 8.77. The van der Waals surface area contributed by atoms with E-state index in [9.17, 15) is 4.79 Å². The highest BCUT2D eigenvalue weighted by Crippen LogP contribution is 2.16. The molecule has 0 aliphatic heterocycles. The topological polar surface area (TPSA) is 59.6 Å². The van der Waals surface area contributed by atoms with Crippen molar-refractivity contribution < 1.29 is 14.3 Å². The molecule has 100 valence electrons. The molecule has 5 nitrogen and oxygen atoms in total. The van der Waals surface area contributed by atoms with Gasteiger partial charge in [0.2, 0.25) is 5.91 Å². The maximum atomic E-state index is 11.4. The summed E-state index contributed by atoms with van der Waals surface area (Å²) in [5.41, 5.74) is 1.03. The molecule has 0 aliphatic carbocycles. The highest BCUT2D eigenvalue weighted by molar-refractivity contribution is 5.77. The fourth-order valence-corrected chi connectivity index (χ4v) is 1.51. The van der Waals surface area contributed by atoms with Crippen molar-refractivity contribution in [3.05, 3.63) is 29.8 Å².